The third-order valence-corrected chi connectivity index (χ3v) is 5.47. The van der Waals surface area contributed by atoms with Gasteiger partial charge in [-0.05, 0) is 48.4 Å². The number of hydrogen-bond acceptors (Lipinski definition) is 4. The molecule has 2 aromatic heterocycles. The van der Waals surface area contributed by atoms with Crippen LogP contribution in [-0.2, 0) is 13.0 Å². The third kappa shape index (κ3) is 5.84. The van der Waals surface area contributed by atoms with E-state index in [0.717, 1.165) is 44.4 Å². The molecule has 0 bridgehead atoms. The lowest BCUT2D eigenvalue weighted by atomic mass is 10.2. The first kappa shape index (κ1) is 21.0. The van der Waals surface area contributed by atoms with Crippen molar-refractivity contribution in [2.75, 3.05) is 38.6 Å². The van der Waals surface area contributed by atoms with E-state index in [4.69, 9.17) is 0 Å². The predicted octanol–water partition coefficient (Wildman–Crippen LogP) is 3.61. The lowest BCUT2D eigenvalue weighted by Gasteiger charge is -2.22. The highest BCUT2D eigenvalue weighted by atomic mass is 127. The van der Waals surface area contributed by atoms with E-state index in [-0.39, 0.29) is 24.0 Å². The van der Waals surface area contributed by atoms with E-state index in [1.807, 2.05) is 24.6 Å². The topological polar surface area (TPSA) is 43.8 Å². The molecule has 0 unspecified atom stereocenters. The molecule has 142 valence electrons. The van der Waals surface area contributed by atoms with Crippen LogP contribution in [0.3, 0.4) is 0 Å². The van der Waals surface area contributed by atoms with Gasteiger partial charge in [0.1, 0.15) is 5.82 Å². The highest BCUT2D eigenvalue weighted by Gasteiger charge is 2.14. The number of nitrogens with zero attached hydrogens (tertiary/aromatic N) is 4. The molecule has 3 heterocycles. The molecule has 3 rings (SSSR count). The van der Waals surface area contributed by atoms with Gasteiger partial charge in [0.05, 0.1) is 0 Å². The summed E-state index contributed by atoms with van der Waals surface area (Å²) >= 11 is 1.81. The van der Waals surface area contributed by atoms with Crippen molar-refractivity contribution in [3.63, 3.8) is 0 Å². The van der Waals surface area contributed by atoms with Crippen molar-refractivity contribution in [1.29, 1.82) is 0 Å². The standard InChI is InChI=1S/C19H27N5S.HI/c1-20-19(23(2)12-8-17-6-5-13-25-17)22-15-16-7-9-21-18(14-16)24-10-3-4-11-24;/h5-7,9,13-14H,3-4,8,10-12,15H2,1-2H3,(H,20,22);1H. The summed E-state index contributed by atoms with van der Waals surface area (Å²) in [6.07, 6.45) is 5.49. The van der Waals surface area contributed by atoms with Crippen molar-refractivity contribution in [2.24, 2.45) is 4.99 Å². The predicted molar refractivity (Wildman–Crippen MR) is 122 cm³/mol. The Kier molecular flexibility index (Phi) is 8.64. The van der Waals surface area contributed by atoms with Gasteiger partial charge in [-0.15, -0.1) is 35.3 Å². The second kappa shape index (κ2) is 10.7. The van der Waals surface area contributed by atoms with Gasteiger partial charge in [-0.1, -0.05) is 6.07 Å². The van der Waals surface area contributed by atoms with Crippen LogP contribution in [0, 0.1) is 0 Å². The number of thiophene rings is 1. The number of rotatable bonds is 6. The lowest BCUT2D eigenvalue weighted by Crippen LogP contribution is -2.39. The highest BCUT2D eigenvalue weighted by molar-refractivity contribution is 14.0. The molecule has 2 aromatic rings. The van der Waals surface area contributed by atoms with Gasteiger partial charge in [-0.3, -0.25) is 4.99 Å². The number of aromatic nitrogens is 1. The summed E-state index contributed by atoms with van der Waals surface area (Å²) in [6, 6.07) is 8.56. The van der Waals surface area contributed by atoms with E-state index >= 15 is 0 Å². The first-order valence-corrected chi connectivity index (χ1v) is 9.78. The molecule has 5 nitrogen and oxygen atoms in total. The molecule has 0 atom stereocenters. The Morgan fingerprint density at radius 1 is 1.35 bits per heavy atom. The molecular formula is C19H28IN5S. The van der Waals surface area contributed by atoms with Crippen LogP contribution in [0.5, 0.6) is 0 Å². The Morgan fingerprint density at radius 3 is 2.85 bits per heavy atom. The summed E-state index contributed by atoms with van der Waals surface area (Å²) in [6.45, 7) is 3.96. The highest BCUT2D eigenvalue weighted by Crippen LogP contribution is 2.18. The van der Waals surface area contributed by atoms with Gasteiger partial charge in [-0.2, -0.15) is 0 Å². The monoisotopic (exact) mass is 485 g/mol. The Balaban J connectivity index is 0.00000243. The van der Waals surface area contributed by atoms with E-state index in [0.29, 0.717) is 0 Å². The molecule has 7 heteroatoms. The quantitative estimate of drug-likeness (QED) is 0.386. The van der Waals surface area contributed by atoms with Crippen LogP contribution >= 0.6 is 35.3 Å². The van der Waals surface area contributed by atoms with Crippen molar-refractivity contribution in [2.45, 2.75) is 25.8 Å². The summed E-state index contributed by atoms with van der Waals surface area (Å²) in [5, 5.41) is 5.60. The lowest BCUT2D eigenvalue weighted by molar-refractivity contribution is 0.486. The maximum atomic E-state index is 4.52. The third-order valence-electron chi connectivity index (χ3n) is 4.54. The van der Waals surface area contributed by atoms with Gasteiger partial charge < -0.3 is 15.1 Å². The van der Waals surface area contributed by atoms with Crippen molar-refractivity contribution < 1.29 is 0 Å². The normalized spacial score (nSPS) is 14.2. The molecule has 0 spiro atoms. The summed E-state index contributed by atoms with van der Waals surface area (Å²) in [5.74, 6) is 2.02. The van der Waals surface area contributed by atoms with Gasteiger partial charge in [0.15, 0.2) is 5.96 Å². The van der Waals surface area contributed by atoms with E-state index in [9.17, 15) is 0 Å². The SMILES string of the molecule is CN=C(NCc1ccnc(N2CCCC2)c1)N(C)CCc1cccs1.I. The fourth-order valence-corrected chi connectivity index (χ4v) is 3.79. The van der Waals surface area contributed by atoms with Crippen molar-refractivity contribution in [3.05, 3.63) is 46.3 Å². The van der Waals surface area contributed by atoms with Crippen LogP contribution in [0.2, 0.25) is 0 Å². The van der Waals surface area contributed by atoms with E-state index in [1.54, 1.807) is 0 Å². The molecule has 0 aliphatic carbocycles. The van der Waals surface area contributed by atoms with Gasteiger partial charge in [0.2, 0.25) is 0 Å². The minimum atomic E-state index is 0. The fraction of sp³-hybridized carbons (Fsp3) is 0.474. The summed E-state index contributed by atoms with van der Waals surface area (Å²) in [7, 11) is 3.93. The van der Waals surface area contributed by atoms with Crippen molar-refractivity contribution in [3.8, 4) is 0 Å². The van der Waals surface area contributed by atoms with E-state index < -0.39 is 0 Å². The van der Waals surface area contributed by atoms with Gasteiger partial charge >= 0.3 is 0 Å². The van der Waals surface area contributed by atoms with E-state index in [2.05, 4.69) is 61.8 Å². The average Bonchev–Trinajstić information content (AvgIpc) is 3.34. The largest absolute Gasteiger partial charge is 0.357 e. The second-order valence-electron chi connectivity index (χ2n) is 6.37. The Morgan fingerprint density at radius 2 is 2.15 bits per heavy atom. The molecule has 26 heavy (non-hydrogen) atoms. The van der Waals surface area contributed by atoms with E-state index in [1.165, 1.54) is 23.3 Å². The van der Waals surface area contributed by atoms with Crippen LogP contribution in [0.1, 0.15) is 23.3 Å². The van der Waals surface area contributed by atoms with Crippen molar-refractivity contribution in [1.82, 2.24) is 15.2 Å². The smallest absolute Gasteiger partial charge is 0.193 e. The fourth-order valence-electron chi connectivity index (χ4n) is 3.09. The number of nitrogens with one attached hydrogen (secondary N) is 1. The zero-order valence-electron chi connectivity index (χ0n) is 15.5. The maximum absolute atomic E-state index is 4.52. The first-order chi connectivity index (χ1) is 12.3. The number of aliphatic imine (C=N–C) groups is 1. The van der Waals surface area contributed by atoms with Gasteiger partial charge in [-0.25, -0.2) is 4.98 Å². The molecule has 1 aliphatic rings. The zero-order chi connectivity index (χ0) is 17.5. The number of pyridine rings is 1. The molecule has 0 amide bonds. The number of guanidine groups is 1. The zero-order valence-corrected chi connectivity index (χ0v) is 18.7. The molecule has 1 saturated heterocycles. The Hall–Kier alpha value is -1.35. The molecule has 0 aromatic carbocycles. The summed E-state index contributed by atoms with van der Waals surface area (Å²) in [4.78, 5) is 14.9. The second-order valence-corrected chi connectivity index (χ2v) is 7.40. The maximum Gasteiger partial charge on any atom is 0.193 e. The van der Waals surface area contributed by atoms with Crippen LogP contribution in [-0.4, -0.2) is 49.6 Å². The van der Waals surface area contributed by atoms with Crippen molar-refractivity contribution >= 4 is 47.1 Å². The van der Waals surface area contributed by atoms with Crippen LogP contribution in [0.25, 0.3) is 0 Å². The molecule has 1 aliphatic heterocycles. The minimum absolute atomic E-state index is 0. The number of halogens is 1. The molecule has 1 N–H and O–H groups in total. The first-order valence-electron chi connectivity index (χ1n) is 8.90. The minimum Gasteiger partial charge on any atom is -0.357 e. The number of hydrogen-bond donors (Lipinski definition) is 1. The molecule has 0 radical (unpaired) electrons. The molecular weight excluding hydrogens is 457 g/mol. The van der Waals surface area contributed by atoms with Crippen LogP contribution < -0.4 is 10.2 Å². The van der Waals surface area contributed by atoms with Gasteiger partial charge in [0, 0.05) is 51.3 Å². The number of likely N-dealkylation sites (N-methyl/N-ethyl adjacent to an activating group) is 1. The van der Waals surface area contributed by atoms with Crippen LogP contribution in [0.4, 0.5) is 5.82 Å². The van der Waals surface area contributed by atoms with Crippen LogP contribution in [0.15, 0.2) is 40.8 Å². The molecule has 0 saturated carbocycles. The summed E-state index contributed by atoms with van der Waals surface area (Å²) < 4.78 is 0. The Bertz CT molecular complexity index is 683. The average molecular weight is 485 g/mol. The summed E-state index contributed by atoms with van der Waals surface area (Å²) in [5.41, 5.74) is 1.24. The number of anilines is 1. The Labute approximate surface area is 177 Å². The van der Waals surface area contributed by atoms with Gasteiger partial charge in [0.25, 0.3) is 0 Å². The molecule has 1 fully saturated rings.